The van der Waals surface area contributed by atoms with Gasteiger partial charge in [-0.2, -0.15) is 4.31 Å². The van der Waals surface area contributed by atoms with E-state index in [2.05, 4.69) is 0 Å². The Morgan fingerprint density at radius 2 is 1.53 bits per heavy atom. The molecule has 30 heavy (non-hydrogen) atoms. The van der Waals surface area contributed by atoms with Gasteiger partial charge in [-0.25, -0.2) is 22.0 Å². The van der Waals surface area contributed by atoms with E-state index in [0.717, 1.165) is 17.7 Å². The Kier molecular flexibility index (Phi) is 5.75. The van der Waals surface area contributed by atoms with E-state index in [-0.39, 0.29) is 30.1 Å². The molecule has 0 unspecified atom stereocenters. The summed E-state index contributed by atoms with van der Waals surface area (Å²) >= 11 is 0. The topological polar surface area (TPSA) is 60.9 Å². The van der Waals surface area contributed by atoms with E-state index in [1.165, 1.54) is 4.31 Å². The molecule has 6 nitrogen and oxygen atoms in total. The second-order valence-corrected chi connectivity index (χ2v) is 9.56. The lowest BCUT2D eigenvalue weighted by atomic mass is 10.1. The van der Waals surface area contributed by atoms with E-state index in [1.807, 2.05) is 35.2 Å². The molecule has 0 saturated carbocycles. The molecule has 0 atom stereocenters. The third-order valence-electron chi connectivity index (χ3n) is 5.68. The van der Waals surface area contributed by atoms with Crippen LogP contribution in [0.25, 0.3) is 0 Å². The fraction of sp³-hybridized carbons (Fsp3) is 0.381. The van der Waals surface area contributed by atoms with Crippen molar-refractivity contribution >= 4 is 16.1 Å². The maximum absolute atomic E-state index is 13.5. The predicted molar refractivity (Wildman–Crippen MR) is 107 cm³/mol. The lowest BCUT2D eigenvalue weighted by molar-refractivity contribution is 0.153. The first-order valence-corrected chi connectivity index (χ1v) is 11.3. The molecule has 2 aromatic carbocycles. The quantitative estimate of drug-likeness (QED) is 0.725. The van der Waals surface area contributed by atoms with Crippen LogP contribution >= 0.6 is 0 Å². The van der Waals surface area contributed by atoms with Crippen LogP contribution in [0.4, 0.5) is 13.6 Å². The summed E-state index contributed by atoms with van der Waals surface area (Å²) < 4.78 is 53.6. The van der Waals surface area contributed by atoms with Crippen LogP contribution in [-0.4, -0.2) is 60.8 Å². The molecule has 9 heteroatoms. The summed E-state index contributed by atoms with van der Waals surface area (Å²) in [5, 5.41) is 0. The number of hydrogen-bond donors (Lipinski definition) is 0. The van der Waals surface area contributed by atoms with E-state index in [1.54, 1.807) is 4.90 Å². The molecular formula is C21H23F2N3O3S. The molecule has 0 spiro atoms. The maximum atomic E-state index is 13.5. The van der Waals surface area contributed by atoms with Gasteiger partial charge in [0.25, 0.3) is 0 Å². The van der Waals surface area contributed by atoms with Gasteiger partial charge in [-0.1, -0.05) is 30.3 Å². The van der Waals surface area contributed by atoms with Crippen LogP contribution < -0.4 is 0 Å². The molecule has 2 fully saturated rings. The average Bonchev–Trinajstić information content (AvgIpc) is 3.08. The smallest absolute Gasteiger partial charge is 0.320 e. The fourth-order valence-electron chi connectivity index (χ4n) is 4.11. The predicted octanol–water partition coefficient (Wildman–Crippen LogP) is 3.06. The van der Waals surface area contributed by atoms with Crippen molar-refractivity contribution in [1.82, 2.24) is 14.1 Å². The third kappa shape index (κ3) is 4.17. The van der Waals surface area contributed by atoms with Gasteiger partial charge in [0, 0.05) is 44.8 Å². The Morgan fingerprint density at radius 3 is 2.17 bits per heavy atom. The highest BCUT2D eigenvalue weighted by Gasteiger charge is 2.37. The zero-order valence-corrected chi connectivity index (χ0v) is 17.2. The zero-order valence-electron chi connectivity index (χ0n) is 16.4. The number of hydrogen-bond acceptors (Lipinski definition) is 3. The second kappa shape index (κ2) is 8.31. The van der Waals surface area contributed by atoms with Crippen molar-refractivity contribution in [3.8, 4) is 0 Å². The van der Waals surface area contributed by atoms with Crippen molar-refractivity contribution in [3.05, 3.63) is 65.7 Å². The highest BCUT2D eigenvalue weighted by molar-refractivity contribution is 7.89. The number of carbonyl (C=O) groups is 1. The Balaban J connectivity index is 1.38. The number of carbonyl (C=O) groups excluding carboxylic acids is 1. The van der Waals surface area contributed by atoms with Crippen molar-refractivity contribution in [2.24, 2.45) is 0 Å². The minimum absolute atomic E-state index is 0.0349. The van der Waals surface area contributed by atoms with Gasteiger partial charge in [0.05, 0.1) is 4.90 Å². The molecule has 4 rings (SSSR count). The largest absolute Gasteiger partial charge is 0.320 e. The molecule has 2 aliphatic rings. The number of urea groups is 1. The van der Waals surface area contributed by atoms with Crippen molar-refractivity contribution < 1.29 is 22.0 Å². The lowest BCUT2D eigenvalue weighted by Crippen LogP contribution is -2.48. The van der Waals surface area contributed by atoms with Gasteiger partial charge in [-0.3, -0.25) is 0 Å². The number of rotatable bonds is 5. The molecule has 0 aromatic heterocycles. The molecule has 0 N–H and O–H groups in total. The third-order valence-corrected chi connectivity index (χ3v) is 7.56. The number of halogens is 2. The number of piperidine rings is 1. The summed E-state index contributed by atoms with van der Waals surface area (Å²) in [7, 11) is -3.98. The standard InChI is InChI=1S/C21H23F2N3O3S/c22-17-12-18(23)14-20(13-17)30(28,29)25-8-6-19(7-9-25)26-11-10-24(21(26)27)15-16-4-2-1-3-5-16/h1-5,12-14,19H,6-11,15H2. The van der Waals surface area contributed by atoms with E-state index >= 15 is 0 Å². The average molecular weight is 435 g/mol. The van der Waals surface area contributed by atoms with Gasteiger partial charge in [-0.05, 0) is 30.5 Å². The maximum Gasteiger partial charge on any atom is 0.320 e. The first-order chi connectivity index (χ1) is 14.3. The molecule has 0 radical (unpaired) electrons. The Morgan fingerprint density at radius 1 is 0.900 bits per heavy atom. The van der Waals surface area contributed by atoms with Crippen molar-refractivity contribution in [2.45, 2.75) is 30.3 Å². The van der Waals surface area contributed by atoms with E-state index in [4.69, 9.17) is 0 Å². The molecule has 2 aliphatic heterocycles. The SMILES string of the molecule is O=C1N(Cc2ccccc2)CCN1C1CCN(S(=O)(=O)c2cc(F)cc(F)c2)CC1. The normalized spacial score (nSPS) is 18.9. The van der Waals surface area contributed by atoms with Crippen LogP contribution in [0.15, 0.2) is 53.4 Å². The molecule has 0 bridgehead atoms. The van der Waals surface area contributed by atoms with E-state index < -0.39 is 21.7 Å². The first kappa shape index (κ1) is 20.7. The van der Waals surface area contributed by atoms with Gasteiger partial charge >= 0.3 is 6.03 Å². The van der Waals surface area contributed by atoms with Gasteiger partial charge in [0.1, 0.15) is 11.6 Å². The van der Waals surface area contributed by atoms with Gasteiger partial charge < -0.3 is 9.80 Å². The van der Waals surface area contributed by atoms with Crippen LogP contribution in [0, 0.1) is 11.6 Å². The van der Waals surface area contributed by atoms with Gasteiger partial charge in [0.2, 0.25) is 10.0 Å². The highest BCUT2D eigenvalue weighted by Crippen LogP contribution is 2.26. The number of amides is 2. The van der Waals surface area contributed by atoms with Crippen molar-refractivity contribution in [1.29, 1.82) is 0 Å². The van der Waals surface area contributed by atoms with Crippen LogP contribution in [0.5, 0.6) is 0 Å². The molecule has 2 saturated heterocycles. The van der Waals surface area contributed by atoms with E-state index in [9.17, 15) is 22.0 Å². The van der Waals surface area contributed by atoms with Crippen molar-refractivity contribution in [3.63, 3.8) is 0 Å². The Hall–Kier alpha value is -2.52. The number of benzene rings is 2. The lowest BCUT2D eigenvalue weighted by Gasteiger charge is -2.35. The Bertz CT molecular complexity index is 1000. The van der Waals surface area contributed by atoms with Crippen LogP contribution in [0.3, 0.4) is 0 Å². The summed E-state index contributed by atoms with van der Waals surface area (Å²) in [6.07, 6.45) is 0.976. The molecule has 2 heterocycles. The minimum atomic E-state index is -3.98. The monoisotopic (exact) mass is 435 g/mol. The summed E-state index contributed by atoms with van der Waals surface area (Å²) in [5.41, 5.74) is 1.07. The Labute approximate surface area is 174 Å². The molecular weight excluding hydrogens is 412 g/mol. The first-order valence-electron chi connectivity index (χ1n) is 9.90. The number of nitrogens with zero attached hydrogens (tertiary/aromatic N) is 3. The minimum Gasteiger partial charge on any atom is -0.320 e. The highest BCUT2D eigenvalue weighted by atomic mass is 32.2. The second-order valence-electron chi connectivity index (χ2n) is 7.62. The summed E-state index contributed by atoms with van der Waals surface area (Å²) in [6.45, 7) is 2.20. The van der Waals surface area contributed by atoms with Crippen molar-refractivity contribution in [2.75, 3.05) is 26.2 Å². The summed E-state index contributed by atoms with van der Waals surface area (Å²) in [5.74, 6) is -1.85. The van der Waals surface area contributed by atoms with Crippen LogP contribution in [0.2, 0.25) is 0 Å². The molecule has 2 amide bonds. The molecule has 0 aliphatic carbocycles. The summed E-state index contributed by atoms with van der Waals surface area (Å²) in [6, 6.07) is 12.0. The molecule has 2 aromatic rings. The molecule has 160 valence electrons. The fourth-order valence-corrected chi connectivity index (χ4v) is 5.62. The van der Waals surface area contributed by atoms with Gasteiger partial charge in [0.15, 0.2) is 0 Å². The van der Waals surface area contributed by atoms with Crippen LogP contribution in [0.1, 0.15) is 18.4 Å². The zero-order chi connectivity index (χ0) is 21.3. The van der Waals surface area contributed by atoms with E-state index in [0.29, 0.717) is 38.5 Å². The number of sulfonamides is 1. The van der Waals surface area contributed by atoms with Gasteiger partial charge in [-0.15, -0.1) is 0 Å². The van der Waals surface area contributed by atoms with Crippen LogP contribution in [-0.2, 0) is 16.6 Å². The summed E-state index contributed by atoms with van der Waals surface area (Å²) in [4.78, 5) is 16.0.